The summed E-state index contributed by atoms with van der Waals surface area (Å²) in [6, 6.07) is 6.73. The normalized spacial score (nSPS) is 16.5. The number of rotatable bonds is 5. The van der Waals surface area contributed by atoms with E-state index in [9.17, 15) is 4.39 Å². The molecule has 6 heteroatoms. The van der Waals surface area contributed by atoms with Gasteiger partial charge in [-0.3, -0.25) is 4.90 Å². The van der Waals surface area contributed by atoms with Crippen molar-refractivity contribution >= 4 is 5.69 Å². The number of hydrogen-bond acceptors (Lipinski definition) is 5. The molecule has 0 bridgehead atoms. The van der Waals surface area contributed by atoms with Crippen LogP contribution in [0.3, 0.4) is 0 Å². The second kappa shape index (κ2) is 7.55. The molecule has 0 saturated carbocycles. The zero-order valence-corrected chi connectivity index (χ0v) is 13.5. The first-order chi connectivity index (χ1) is 11.2. The molecule has 0 atom stereocenters. The van der Waals surface area contributed by atoms with E-state index in [0.717, 1.165) is 57.0 Å². The van der Waals surface area contributed by atoms with Gasteiger partial charge in [0.15, 0.2) is 5.82 Å². The molecular weight excluding hydrogens is 295 g/mol. The van der Waals surface area contributed by atoms with E-state index < -0.39 is 0 Å². The van der Waals surface area contributed by atoms with Gasteiger partial charge in [0.2, 0.25) is 5.89 Å². The largest absolute Gasteiger partial charge is 0.370 e. The van der Waals surface area contributed by atoms with E-state index in [1.54, 1.807) is 0 Å². The highest BCUT2D eigenvalue weighted by molar-refractivity contribution is 5.46. The Morgan fingerprint density at radius 2 is 1.96 bits per heavy atom. The number of anilines is 1. The summed E-state index contributed by atoms with van der Waals surface area (Å²) in [5, 5.41) is 4.01. The topological polar surface area (TPSA) is 45.4 Å². The van der Waals surface area contributed by atoms with Crippen molar-refractivity contribution in [2.75, 3.05) is 31.1 Å². The molecule has 0 amide bonds. The molecular formula is C17H23FN4O. The molecule has 1 aromatic carbocycles. The zero-order valence-electron chi connectivity index (χ0n) is 13.5. The Morgan fingerprint density at radius 3 is 2.74 bits per heavy atom. The predicted octanol–water partition coefficient (Wildman–Crippen LogP) is 2.87. The average molecular weight is 318 g/mol. The summed E-state index contributed by atoms with van der Waals surface area (Å²) in [4.78, 5) is 9.08. The van der Waals surface area contributed by atoms with Gasteiger partial charge in [-0.2, -0.15) is 4.98 Å². The standard InChI is InChI=1S/C17H23FN4O/c1-2-4-16-19-17(23-20-16)13-21-9-3-10-22(12-11-21)15-7-5-14(18)6-8-15/h5-8H,2-4,9-13H2,1H3. The quantitative estimate of drug-likeness (QED) is 0.848. The molecule has 3 rings (SSSR count). The van der Waals surface area contributed by atoms with Gasteiger partial charge in [-0.25, -0.2) is 4.39 Å². The maximum Gasteiger partial charge on any atom is 0.240 e. The minimum atomic E-state index is -0.190. The number of benzene rings is 1. The van der Waals surface area contributed by atoms with Crippen LogP contribution in [0.4, 0.5) is 10.1 Å². The van der Waals surface area contributed by atoms with Crippen LogP contribution in [0.25, 0.3) is 0 Å². The molecule has 1 saturated heterocycles. The molecule has 23 heavy (non-hydrogen) atoms. The summed E-state index contributed by atoms with van der Waals surface area (Å²) in [6.07, 6.45) is 2.95. The molecule has 1 fully saturated rings. The van der Waals surface area contributed by atoms with Gasteiger partial charge in [0, 0.05) is 38.3 Å². The van der Waals surface area contributed by atoms with E-state index in [1.165, 1.54) is 12.1 Å². The predicted molar refractivity (Wildman–Crippen MR) is 86.8 cm³/mol. The number of hydrogen-bond donors (Lipinski definition) is 0. The van der Waals surface area contributed by atoms with Crippen LogP contribution in [0.15, 0.2) is 28.8 Å². The van der Waals surface area contributed by atoms with Crippen molar-refractivity contribution in [1.29, 1.82) is 0 Å². The number of halogens is 1. The maximum atomic E-state index is 13.0. The fourth-order valence-electron chi connectivity index (χ4n) is 2.91. The minimum Gasteiger partial charge on any atom is -0.370 e. The molecule has 0 N–H and O–H groups in total. The number of aromatic nitrogens is 2. The Labute approximate surface area is 136 Å². The third kappa shape index (κ3) is 4.28. The van der Waals surface area contributed by atoms with Crippen molar-refractivity contribution in [1.82, 2.24) is 15.0 Å². The fraction of sp³-hybridized carbons (Fsp3) is 0.529. The summed E-state index contributed by atoms with van der Waals surface area (Å²) in [7, 11) is 0. The van der Waals surface area contributed by atoms with E-state index >= 15 is 0 Å². The monoisotopic (exact) mass is 318 g/mol. The lowest BCUT2D eigenvalue weighted by Crippen LogP contribution is -2.30. The van der Waals surface area contributed by atoms with Crippen LogP contribution in [-0.4, -0.2) is 41.2 Å². The zero-order chi connectivity index (χ0) is 16.1. The summed E-state index contributed by atoms with van der Waals surface area (Å²) in [5.41, 5.74) is 1.08. The van der Waals surface area contributed by atoms with Gasteiger partial charge < -0.3 is 9.42 Å². The molecule has 1 aromatic heterocycles. The molecule has 1 aliphatic heterocycles. The molecule has 0 spiro atoms. The fourth-order valence-corrected chi connectivity index (χ4v) is 2.91. The first-order valence-electron chi connectivity index (χ1n) is 8.29. The molecule has 0 unspecified atom stereocenters. The smallest absolute Gasteiger partial charge is 0.240 e. The van der Waals surface area contributed by atoms with Crippen molar-refractivity contribution in [2.45, 2.75) is 32.7 Å². The lowest BCUT2D eigenvalue weighted by atomic mass is 10.2. The second-order valence-corrected chi connectivity index (χ2v) is 5.95. The van der Waals surface area contributed by atoms with Gasteiger partial charge in [0.25, 0.3) is 0 Å². The molecule has 124 valence electrons. The molecule has 5 nitrogen and oxygen atoms in total. The summed E-state index contributed by atoms with van der Waals surface area (Å²) in [6.45, 7) is 6.64. The maximum absolute atomic E-state index is 13.0. The van der Waals surface area contributed by atoms with E-state index in [1.807, 2.05) is 12.1 Å². The highest BCUT2D eigenvalue weighted by Gasteiger charge is 2.17. The average Bonchev–Trinajstić information content (AvgIpc) is 2.85. The van der Waals surface area contributed by atoms with Crippen molar-refractivity contribution < 1.29 is 8.91 Å². The Hall–Kier alpha value is -1.95. The van der Waals surface area contributed by atoms with Gasteiger partial charge in [-0.1, -0.05) is 12.1 Å². The summed E-state index contributed by atoms with van der Waals surface area (Å²) in [5.74, 6) is 1.30. The molecule has 1 aliphatic rings. The van der Waals surface area contributed by atoms with Crippen molar-refractivity contribution in [3.8, 4) is 0 Å². The molecule has 0 aliphatic carbocycles. The SMILES string of the molecule is CCCc1noc(CN2CCCN(c3ccc(F)cc3)CC2)n1. The molecule has 2 heterocycles. The van der Waals surface area contributed by atoms with Gasteiger partial charge in [-0.15, -0.1) is 0 Å². The van der Waals surface area contributed by atoms with Crippen LogP contribution in [-0.2, 0) is 13.0 Å². The van der Waals surface area contributed by atoms with Crippen molar-refractivity contribution in [3.63, 3.8) is 0 Å². The Morgan fingerprint density at radius 1 is 1.13 bits per heavy atom. The summed E-state index contributed by atoms with van der Waals surface area (Å²) >= 11 is 0. The van der Waals surface area contributed by atoms with Gasteiger partial charge in [-0.05, 0) is 37.1 Å². The third-order valence-electron chi connectivity index (χ3n) is 4.12. The van der Waals surface area contributed by atoms with Gasteiger partial charge in [0.1, 0.15) is 5.82 Å². The number of aryl methyl sites for hydroxylation is 1. The van der Waals surface area contributed by atoms with Crippen LogP contribution in [0.1, 0.15) is 31.5 Å². The van der Waals surface area contributed by atoms with Crippen LogP contribution in [0, 0.1) is 5.82 Å². The van der Waals surface area contributed by atoms with E-state index in [4.69, 9.17) is 4.52 Å². The number of nitrogens with zero attached hydrogens (tertiary/aromatic N) is 4. The minimum absolute atomic E-state index is 0.190. The third-order valence-corrected chi connectivity index (χ3v) is 4.12. The van der Waals surface area contributed by atoms with Crippen LogP contribution in [0.2, 0.25) is 0 Å². The van der Waals surface area contributed by atoms with Gasteiger partial charge >= 0.3 is 0 Å². The van der Waals surface area contributed by atoms with E-state index in [2.05, 4.69) is 26.9 Å². The van der Waals surface area contributed by atoms with E-state index in [-0.39, 0.29) is 5.82 Å². The highest BCUT2D eigenvalue weighted by Crippen LogP contribution is 2.17. The highest BCUT2D eigenvalue weighted by atomic mass is 19.1. The first-order valence-corrected chi connectivity index (χ1v) is 8.29. The first kappa shape index (κ1) is 15.9. The van der Waals surface area contributed by atoms with Crippen LogP contribution < -0.4 is 4.90 Å². The lowest BCUT2D eigenvalue weighted by molar-refractivity contribution is 0.239. The van der Waals surface area contributed by atoms with Crippen molar-refractivity contribution in [2.24, 2.45) is 0 Å². The Balaban J connectivity index is 1.56. The summed E-state index contributed by atoms with van der Waals surface area (Å²) < 4.78 is 18.4. The molecule has 0 radical (unpaired) electrons. The Kier molecular flexibility index (Phi) is 5.23. The molecule has 2 aromatic rings. The lowest BCUT2D eigenvalue weighted by Gasteiger charge is -2.23. The van der Waals surface area contributed by atoms with E-state index in [0.29, 0.717) is 12.4 Å². The second-order valence-electron chi connectivity index (χ2n) is 5.95. The van der Waals surface area contributed by atoms with Crippen LogP contribution >= 0.6 is 0 Å². The van der Waals surface area contributed by atoms with Gasteiger partial charge in [0.05, 0.1) is 6.54 Å². The Bertz CT molecular complexity index is 613. The van der Waals surface area contributed by atoms with Crippen LogP contribution in [0.5, 0.6) is 0 Å². The van der Waals surface area contributed by atoms with Crippen molar-refractivity contribution in [3.05, 3.63) is 41.8 Å².